The minimum Gasteiger partial charge on any atom is -0.465 e. The average Bonchev–Trinajstić information content (AvgIpc) is 2.29. The number of hydrogen-bond acceptors (Lipinski definition) is 4. The first-order chi connectivity index (χ1) is 7.67. The first-order valence-corrected chi connectivity index (χ1v) is 5.08. The van der Waals surface area contributed by atoms with Gasteiger partial charge in [-0.25, -0.2) is 0 Å². The van der Waals surface area contributed by atoms with Crippen LogP contribution in [0.15, 0.2) is 24.3 Å². The van der Waals surface area contributed by atoms with Crippen LogP contribution >= 0.6 is 0 Å². The minimum absolute atomic E-state index is 0.324. The zero-order valence-electron chi connectivity index (χ0n) is 9.14. The van der Waals surface area contributed by atoms with Crippen LogP contribution in [-0.2, 0) is 16.0 Å². The Hall–Kier alpha value is -1.86. The van der Waals surface area contributed by atoms with Gasteiger partial charge in [0.15, 0.2) is 0 Å². The summed E-state index contributed by atoms with van der Waals surface area (Å²) in [5.74, 6) is -0.412. The largest absolute Gasteiger partial charge is 0.465 e. The van der Waals surface area contributed by atoms with Crippen molar-refractivity contribution in [1.82, 2.24) is 0 Å². The molecule has 0 spiro atoms. The minimum atomic E-state index is -0.672. The molecule has 0 saturated heterocycles. The van der Waals surface area contributed by atoms with E-state index in [1.807, 2.05) is 12.1 Å². The summed E-state index contributed by atoms with van der Waals surface area (Å²) in [7, 11) is 0. The van der Waals surface area contributed by atoms with Gasteiger partial charge in [-0.1, -0.05) is 12.1 Å². The van der Waals surface area contributed by atoms with Crippen LogP contribution in [0.3, 0.4) is 0 Å². The Kier molecular flexibility index (Phi) is 4.49. The van der Waals surface area contributed by atoms with Crippen LogP contribution < -0.4 is 5.73 Å². The Morgan fingerprint density at radius 1 is 1.62 bits per heavy atom. The smallest absolute Gasteiger partial charge is 0.323 e. The maximum atomic E-state index is 11.3. The lowest BCUT2D eigenvalue weighted by Gasteiger charge is -2.10. The fraction of sp³-hybridized carbons (Fsp3) is 0.333. The number of ether oxygens (including phenoxy) is 1. The number of esters is 1. The predicted molar refractivity (Wildman–Crippen MR) is 59.5 cm³/mol. The highest BCUT2D eigenvalue weighted by atomic mass is 16.5. The van der Waals surface area contributed by atoms with E-state index in [-0.39, 0.29) is 0 Å². The number of rotatable bonds is 4. The van der Waals surface area contributed by atoms with Gasteiger partial charge in [-0.05, 0) is 31.0 Å². The summed E-state index contributed by atoms with van der Waals surface area (Å²) >= 11 is 0. The highest BCUT2D eigenvalue weighted by Gasteiger charge is 2.14. The molecule has 0 aliphatic carbocycles. The third kappa shape index (κ3) is 3.37. The molecule has 1 rings (SSSR count). The highest BCUT2D eigenvalue weighted by Crippen LogP contribution is 2.07. The van der Waals surface area contributed by atoms with E-state index >= 15 is 0 Å². The van der Waals surface area contributed by atoms with E-state index in [1.54, 1.807) is 25.1 Å². The molecule has 4 nitrogen and oxygen atoms in total. The topological polar surface area (TPSA) is 76.1 Å². The molecule has 84 valence electrons. The molecular weight excluding hydrogens is 204 g/mol. The Balaban J connectivity index is 2.66. The van der Waals surface area contributed by atoms with Crippen molar-refractivity contribution in [3.8, 4) is 6.07 Å². The van der Waals surface area contributed by atoms with Crippen molar-refractivity contribution in [2.45, 2.75) is 19.4 Å². The third-order valence-electron chi connectivity index (χ3n) is 2.10. The van der Waals surface area contributed by atoms with Crippen LogP contribution in [0, 0.1) is 11.3 Å². The molecule has 16 heavy (non-hydrogen) atoms. The lowest BCUT2D eigenvalue weighted by Crippen LogP contribution is -2.34. The summed E-state index contributed by atoms with van der Waals surface area (Å²) in [6, 6.07) is 8.40. The van der Waals surface area contributed by atoms with Crippen LogP contribution in [-0.4, -0.2) is 18.6 Å². The monoisotopic (exact) mass is 218 g/mol. The molecule has 1 atom stereocenters. The molecule has 0 bridgehead atoms. The van der Waals surface area contributed by atoms with E-state index < -0.39 is 12.0 Å². The molecule has 0 aliphatic rings. The predicted octanol–water partition coefficient (Wildman–Crippen LogP) is 0.991. The van der Waals surface area contributed by atoms with Crippen LogP contribution in [0.25, 0.3) is 0 Å². The van der Waals surface area contributed by atoms with Crippen LogP contribution in [0.5, 0.6) is 0 Å². The zero-order chi connectivity index (χ0) is 12.0. The standard InChI is InChI=1S/C12H14N2O2/c1-2-16-12(15)11(14)7-9-4-3-5-10(6-9)8-13/h3-6,11H,2,7,14H2,1H3/t11-/m1/s1. The second kappa shape index (κ2) is 5.89. The number of hydrogen-bond donors (Lipinski definition) is 1. The summed E-state index contributed by atoms with van der Waals surface area (Å²) in [6.45, 7) is 2.06. The maximum Gasteiger partial charge on any atom is 0.323 e. The number of nitrogens with two attached hydrogens (primary N) is 1. The molecule has 0 heterocycles. The van der Waals surface area contributed by atoms with Gasteiger partial charge in [0.25, 0.3) is 0 Å². The molecule has 0 saturated carbocycles. The fourth-order valence-corrected chi connectivity index (χ4v) is 1.35. The van der Waals surface area contributed by atoms with Gasteiger partial charge in [0.2, 0.25) is 0 Å². The molecule has 0 unspecified atom stereocenters. The molecule has 2 N–H and O–H groups in total. The van der Waals surface area contributed by atoms with Gasteiger partial charge in [0.05, 0.1) is 18.2 Å². The summed E-state index contributed by atoms with van der Waals surface area (Å²) in [4.78, 5) is 11.3. The van der Waals surface area contributed by atoms with Crippen molar-refractivity contribution >= 4 is 5.97 Å². The molecular formula is C12H14N2O2. The Labute approximate surface area is 94.6 Å². The molecule has 1 aromatic carbocycles. The van der Waals surface area contributed by atoms with Gasteiger partial charge in [0, 0.05) is 0 Å². The van der Waals surface area contributed by atoms with Crippen LogP contribution in [0.1, 0.15) is 18.1 Å². The quantitative estimate of drug-likeness (QED) is 0.764. The second-order valence-electron chi connectivity index (χ2n) is 3.37. The first kappa shape index (κ1) is 12.2. The van der Waals surface area contributed by atoms with Crippen molar-refractivity contribution in [2.75, 3.05) is 6.61 Å². The highest BCUT2D eigenvalue weighted by molar-refractivity contribution is 5.75. The molecule has 0 amide bonds. The van der Waals surface area contributed by atoms with E-state index in [0.717, 1.165) is 5.56 Å². The summed E-state index contributed by atoms with van der Waals surface area (Å²) in [6.07, 6.45) is 0.383. The fourth-order valence-electron chi connectivity index (χ4n) is 1.35. The maximum absolute atomic E-state index is 11.3. The van der Waals surface area contributed by atoms with Crippen molar-refractivity contribution in [3.63, 3.8) is 0 Å². The summed E-state index contributed by atoms with van der Waals surface area (Å²) in [5, 5.41) is 8.72. The van der Waals surface area contributed by atoms with Crippen LogP contribution in [0.4, 0.5) is 0 Å². The molecule has 0 fully saturated rings. The zero-order valence-corrected chi connectivity index (χ0v) is 9.14. The van der Waals surface area contributed by atoms with Crippen molar-refractivity contribution in [1.29, 1.82) is 5.26 Å². The molecule has 1 aromatic rings. The molecule has 4 heteroatoms. The van der Waals surface area contributed by atoms with Crippen molar-refractivity contribution in [2.24, 2.45) is 5.73 Å². The van der Waals surface area contributed by atoms with E-state index in [1.165, 1.54) is 0 Å². The van der Waals surface area contributed by atoms with Crippen molar-refractivity contribution < 1.29 is 9.53 Å². The summed E-state index contributed by atoms with van der Waals surface area (Å²) < 4.78 is 4.80. The Morgan fingerprint density at radius 3 is 3.00 bits per heavy atom. The lowest BCUT2D eigenvalue weighted by atomic mass is 10.0. The van der Waals surface area contributed by atoms with E-state index in [9.17, 15) is 4.79 Å². The van der Waals surface area contributed by atoms with Gasteiger partial charge in [-0.15, -0.1) is 0 Å². The average molecular weight is 218 g/mol. The third-order valence-corrected chi connectivity index (χ3v) is 2.10. The van der Waals surface area contributed by atoms with Gasteiger partial charge >= 0.3 is 5.97 Å². The molecule has 0 aliphatic heterocycles. The van der Waals surface area contributed by atoms with E-state index in [0.29, 0.717) is 18.6 Å². The Bertz CT molecular complexity index is 410. The first-order valence-electron chi connectivity index (χ1n) is 5.08. The number of carbonyl (C=O) groups excluding carboxylic acids is 1. The number of carbonyl (C=O) groups is 1. The molecule has 0 aromatic heterocycles. The number of nitrogens with zero attached hydrogens (tertiary/aromatic N) is 1. The SMILES string of the molecule is CCOC(=O)[C@H](N)Cc1cccc(C#N)c1. The van der Waals surface area contributed by atoms with Gasteiger partial charge in [-0.3, -0.25) is 4.79 Å². The van der Waals surface area contributed by atoms with E-state index in [4.69, 9.17) is 15.7 Å². The van der Waals surface area contributed by atoms with Gasteiger partial charge in [0.1, 0.15) is 6.04 Å². The number of nitriles is 1. The van der Waals surface area contributed by atoms with Gasteiger partial charge < -0.3 is 10.5 Å². The second-order valence-corrected chi connectivity index (χ2v) is 3.37. The normalized spacial score (nSPS) is 11.6. The van der Waals surface area contributed by atoms with Crippen LogP contribution in [0.2, 0.25) is 0 Å². The molecule has 0 radical (unpaired) electrons. The van der Waals surface area contributed by atoms with Crippen molar-refractivity contribution in [3.05, 3.63) is 35.4 Å². The lowest BCUT2D eigenvalue weighted by molar-refractivity contribution is -0.144. The Morgan fingerprint density at radius 2 is 2.38 bits per heavy atom. The number of benzene rings is 1. The van der Waals surface area contributed by atoms with E-state index in [2.05, 4.69) is 0 Å². The van der Waals surface area contributed by atoms with Gasteiger partial charge in [-0.2, -0.15) is 5.26 Å². The summed E-state index contributed by atoms with van der Waals surface area (Å²) in [5.41, 5.74) is 7.09.